The molecule has 0 aliphatic carbocycles. The quantitative estimate of drug-likeness (QED) is 0.611. The summed E-state index contributed by atoms with van der Waals surface area (Å²) in [7, 11) is 0. The summed E-state index contributed by atoms with van der Waals surface area (Å²) < 4.78 is 12.8. The molecule has 17 heavy (non-hydrogen) atoms. The van der Waals surface area contributed by atoms with Crippen molar-refractivity contribution in [3.63, 3.8) is 0 Å². The lowest BCUT2D eigenvalue weighted by molar-refractivity contribution is -0.00852. The third-order valence-electron chi connectivity index (χ3n) is 3.27. The van der Waals surface area contributed by atoms with Gasteiger partial charge in [0.15, 0.2) is 0 Å². The van der Waals surface area contributed by atoms with E-state index in [9.17, 15) is 9.28 Å². The Balaban J connectivity index is 1.92. The van der Waals surface area contributed by atoms with Crippen LogP contribution in [0.2, 0.25) is 0 Å². The molecule has 1 fully saturated rings. The molecule has 1 aliphatic heterocycles. The minimum absolute atomic E-state index is 0.428. The van der Waals surface area contributed by atoms with E-state index in [2.05, 4.69) is 0 Å². The van der Waals surface area contributed by atoms with Crippen molar-refractivity contribution in [3.05, 3.63) is 35.4 Å². The fourth-order valence-corrected chi connectivity index (χ4v) is 2.34. The van der Waals surface area contributed by atoms with Crippen molar-refractivity contribution >= 4 is 16.8 Å². The topological polar surface area (TPSA) is 20.3 Å². The van der Waals surface area contributed by atoms with Crippen LogP contribution < -0.4 is 0 Å². The summed E-state index contributed by atoms with van der Waals surface area (Å²) >= 11 is 5.38. The minimum atomic E-state index is -0.428. The third-order valence-corrected chi connectivity index (χ3v) is 3.48. The molecule has 0 N–H and O–H groups in total. The lowest BCUT2D eigenvalue weighted by atomic mass is 9.91. The molecular weight excluding hydrogens is 241 g/mol. The van der Waals surface area contributed by atoms with E-state index in [1.54, 1.807) is 12.1 Å². The van der Waals surface area contributed by atoms with E-state index in [0.29, 0.717) is 24.6 Å². The number of halogens is 2. The molecule has 4 heteroatoms. The predicted molar refractivity (Wildman–Crippen MR) is 65.7 cm³/mol. The molecular formula is C13H15ClFNO. The molecule has 0 amide bonds. The fraction of sp³-hybridized carbons (Fsp3) is 0.462. The summed E-state index contributed by atoms with van der Waals surface area (Å²) in [5, 5.41) is 0.452. The first-order chi connectivity index (χ1) is 8.15. The fourth-order valence-electron chi connectivity index (χ4n) is 2.21. The lowest BCUT2D eigenvalue weighted by Crippen LogP contribution is -2.28. The van der Waals surface area contributed by atoms with Gasteiger partial charge in [-0.05, 0) is 54.5 Å². The summed E-state index contributed by atoms with van der Waals surface area (Å²) in [6.45, 7) is 1.06. The van der Waals surface area contributed by atoms with Gasteiger partial charge in [0.1, 0.15) is 0 Å². The second-order valence-corrected chi connectivity index (χ2v) is 4.87. The molecule has 1 aromatic rings. The Kier molecular flexibility index (Phi) is 4.13. The van der Waals surface area contributed by atoms with Gasteiger partial charge in [0.05, 0.1) is 0 Å². The van der Waals surface area contributed by atoms with Gasteiger partial charge in [0, 0.05) is 18.7 Å². The number of rotatable bonds is 3. The van der Waals surface area contributed by atoms with Gasteiger partial charge in [0.25, 0.3) is 5.24 Å². The number of carbonyl (C=O) groups excluding carboxylic acids is 1. The van der Waals surface area contributed by atoms with Crippen molar-refractivity contribution in [1.29, 1.82) is 0 Å². The number of hydrogen-bond donors (Lipinski definition) is 0. The third kappa shape index (κ3) is 3.51. The molecule has 2 rings (SSSR count). The summed E-state index contributed by atoms with van der Waals surface area (Å²) in [6.07, 6.45) is 2.74. The van der Waals surface area contributed by atoms with Gasteiger partial charge in [-0.15, -0.1) is 9.60 Å². The van der Waals surface area contributed by atoms with E-state index in [1.165, 1.54) is 5.56 Å². The van der Waals surface area contributed by atoms with Gasteiger partial charge in [-0.2, -0.15) is 0 Å². The van der Waals surface area contributed by atoms with Gasteiger partial charge in [-0.25, -0.2) is 0 Å². The Morgan fingerprint density at radius 2 is 1.88 bits per heavy atom. The predicted octanol–water partition coefficient (Wildman–Crippen LogP) is 3.20. The average Bonchev–Trinajstić information content (AvgIpc) is 2.33. The van der Waals surface area contributed by atoms with Gasteiger partial charge < -0.3 is 0 Å². The number of nitrogens with zero attached hydrogens (tertiary/aromatic N) is 1. The molecule has 0 unspecified atom stereocenters. The summed E-state index contributed by atoms with van der Waals surface area (Å²) in [6, 6.07) is 7.35. The van der Waals surface area contributed by atoms with Crippen LogP contribution in [0.25, 0.3) is 0 Å². The number of hydrogen-bond acceptors (Lipinski definition) is 2. The SMILES string of the molecule is O=C(Cl)c1ccc(CC2CCN(F)CC2)cc1. The highest BCUT2D eigenvalue weighted by molar-refractivity contribution is 6.67. The first-order valence-corrected chi connectivity index (χ1v) is 6.22. The largest absolute Gasteiger partial charge is 0.276 e. The zero-order valence-corrected chi connectivity index (χ0v) is 10.3. The van der Waals surface area contributed by atoms with Crippen LogP contribution in [0.15, 0.2) is 24.3 Å². The first-order valence-electron chi connectivity index (χ1n) is 5.84. The smallest absolute Gasteiger partial charge is 0.252 e. The molecule has 92 valence electrons. The first kappa shape index (κ1) is 12.5. The van der Waals surface area contributed by atoms with Crippen molar-refractivity contribution in [2.45, 2.75) is 19.3 Å². The maximum Gasteiger partial charge on any atom is 0.252 e. The second-order valence-electron chi connectivity index (χ2n) is 4.53. The van der Waals surface area contributed by atoms with Gasteiger partial charge in [-0.3, -0.25) is 4.79 Å². The number of benzene rings is 1. The molecule has 1 aliphatic rings. The van der Waals surface area contributed by atoms with Crippen LogP contribution in [-0.4, -0.2) is 23.5 Å². The minimum Gasteiger partial charge on any atom is -0.276 e. The Hall–Kier alpha value is -0.930. The maximum absolute atomic E-state index is 12.8. The van der Waals surface area contributed by atoms with Crippen molar-refractivity contribution in [3.8, 4) is 0 Å². The average molecular weight is 256 g/mol. The summed E-state index contributed by atoms with van der Waals surface area (Å²) in [5.41, 5.74) is 1.71. The van der Waals surface area contributed by atoms with Crippen molar-refractivity contribution in [2.75, 3.05) is 13.1 Å². The number of carbonyl (C=O) groups is 1. The molecule has 0 radical (unpaired) electrons. The lowest BCUT2D eigenvalue weighted by Gasteiger charge is -2.25. The molecule has 0 spiro atoms. The molecule has 0 aromatic heterocycles. The van der Waals surface area contributed by atoms with Crippen LogP contribution in [0.4, 0.5) is 4.48 Å². The van der Waals surface area contributed by atoms with E-state index in [0.717, 1.165) is 24.4 Å². The zero-order chi connectivity index (χ0) is 12.3. The Morgan fingerprint density at radius 3 is 2.41 bits per heavy atom. The van der Waals surface area contributed by atoms with Crippen LogP contribution in [-0.2, 0) is 6.42 Å². The van der Waals surface area contributed by atoms with E-state index in [1.807, 2.05) is 12.1 Å². The monoisotopic (exact) mass is 255 g/mol. The second kappa shape index (κ2) is 5.61. The Labute approximate surface area is 105 Å². The van der Waals surface area contributed by atoms with Crippen molar-refractivity contribution < 1.29 is 9.28 Å². The molecule has 1 saturated heterocycles. The van der Waals surface area contributed by atoms with Crippen molar-refractivity contribution in [2.24, 2.45) is 5.92 Å². The van der Waals surface area contributed by atoms with Gasteiger partial charge >= 0.3 is 0 Å². The van der Waals surface area contributed by atoms with E-state index < -0.39 is 5.24 Å². The van der Waals surface area contributed by atoms with Crippen LogP contribution in [0, 0.1) is 5.92 Å². The molecule has 1 aromatic carbocycles. The number of piperidine rings is 1. The van der Waals surface area contributed by atoms with Gasteiger partial charge in [-0.1, -0.05) is 12.1 Å². The van der Waals surface area contributed by atoms with Crippen LogP contribution in [0.3, 0.4) is 0 Å². The van der Waals surface area contributed by atoms with Crippen LogP contribution in [0.5, 0.6) is 0 Å². The standard InChI is InChI=1S/C13H15ClFNO/c14-13(17)12-3-1-10(2-4-12)9-11-5-7-16(15)8-6-11/h1-4,11H,5-9H2. The molecule has 0 bridgehead atoms. The molecule has 0 atom stereocenters. The molecule has 1 heterocycles. The summed E-state index contributed by atoms with van der Waals surface area (Å²) in [5.74, 6) is 0.541. The highest BCUT2D eigenvalue weighted by Crippen LogP contribution is 2.22. The van der Waals surface area contributed by atoms with Crippen LogP contribution in [0.1, 0.15) is 28.8 Å². The molecule has 2 nitrogen and oxygen atoms in total. The Bertz CT molecular complexity index is 385. The van der Waals surface area contributed by atoms with Crippen molar-refractivity contribution in [1.82, 2.24) is 5.12 Å². The normalized spacial score (nSPS) is 18.2. The summed E-state index contributed by atoms with van der Waals surface area (Å²) in [4.78, 5) is 10.9. The van der Waals surface area contributed by atoms with E-state index >= 15 is 0 Å². The highest BCUT2D eigenvalue weighted by Gasteiger charge is 2.18. The van der Waals surface area contributed by atoms with E-state index in [-0.39, 0.29) is 0 Å². The van der Waals surface area contributed by atoms with Gasteiger partial charge in [0.2, 0.25) is 0 Å². The molecule has 0 saturated carbocycles. The Morgan fingerprint density at radius 1 is 1.29 bits per heavy atom. The van der Waals surface area contributed by atoms with Crippen LogP contribution >= 0.6 is 11.6 Å². The zero-order valence-electron chi connectivity index (χ0n) is 9.53. The van der Waals surface area contributed by atoms with E-state index in [4.69, 9.17) is 11.6 Å². The maximum atomic E-state index is 12.8. The highest BCUT2D eigenvalue weighted by atomic mass is 35.5.